The Morgan fingerprint density at radius 2 is 1.73 bits per heavy atom. The lowest BCUT2D eigenvalue weighted by Crippen LogP contribution is -2.49. The van der Waals surface area contributed by atoms with Crippen molar-refractivity contribution >= 4 is 33.1 Å². The number of alkyl halides is 3. The van der Waals surface area contributed by atoms with E-state index in [1.807, 2.05) is 29.2 Å². The van der Waals surface area contributed by atoms with Crippen molar-refractivity contribution in [3.8, 4) is 0 Å². The van der Waals surface area contributed by atoms with Crippen LogP contribution in [0.2, 0.25) is 0 Å². The van der Waals surface area contributed by atoms with Gasteiger partial charge in [0.25, 0.3) is 0 Å². The van der Waals surface area contributed by atoms with E-state index in [0.29, 0.717) is 38.4 Å². The average molecular weight is 435 g/mol. The number of nitrogens with zero attached hydrogens (tertiary/aromatic N) is 3. The molecule has 0 N–H and O–H groups in total. The summed E-state index contributed by atoms with van der Waals surface area (Å²) >= 11 is 1.16. The van der Waals surface area contributed by atoms with Gasteiger partial charge in [0.2, 0.25) is 5.91 Å². The molecule has 158 valence electrons. The van der Waals surface area contributed by atoms with Crippen molar-refractivity contribution in [1.82, 2.24) is 9.47 Å². The van der Waals surface area contributed by atoms with E-state index in [-0.39, 0.29) is 17.2 Å². The lowest BCUT2D eigenvalue weighted by atomic mass is 10.1. The number of piperazine rings is 1. The van der Waals surface area contributed by atoms with Crippen LogP contribution in [0.15, 0.2) is 53.3 Å². The number of rotatable bonds is 4. The SMILES string of the molecule is O=C(CCn1c(=O)sc2ccccc21)N1CCN(c2cccc(C(F)(F)F)c2)CC1. The van der Waals surface area contributed by atoms with Crippen molar-refractivity contribution in [3.05, 3.63) is 63.8 Å². The topological polar surface area (TPSA) is 45.6 Å². The minimum atomic E-state index is -4.38. The molecule has 1 amide bonds. The van der Waals surface area contributed by atoms with Crippen molar-refractivity contribution in [3.63, 3.8) is 0 Å². The van der Waals surface area contributed by atoms with Crippen molar-refractivity contribution in [1.29, 1.82) is 0 Å². The molecule has 0 spiro atoms. The fraction of sp³-hybridized carbons (Fsp3) is 0.333. The number of anilines is 1. The van der Waals surface area contributed by atoms with E-state index in [2.05, 4.69) is 0 Å². The zero-order chi connectivity index (χ0) is 21.3. The molecule has 9 heteroatoms. The normalized spacial score (nSPS) is 15.0. The molecule has 0 atom stereocenters. The lowest BCUT2D eigenvalue weighted by molar-refractivity contribution is -0.137. The van der Waals surface area contributed by atoms with E-state index in [4.69, 9.17) is 0 Å². The van der Waals surface area contributed by atoms with Gasteiger partial charge in [0, 0.05) is 44.8 Å². The van der Waals surface area contributed by atoms with Gasteiger partial charge >= 0.3 is 11.0 Å². The van der Waals surface area contributed by atoms with E-state index in [1.165, 1.54) is 6.07 Å². The van der Waals surface area contributed by atoms with Gasteiger partial charge in [-0.1, -0.05) is 29.5 Å². The summed E-state index contributed by atoms with van der Waals surface area (Å²) < 4.78 is 41.3. The molecule has 0 radical (unpaired) electrons. The van der Waals surface area contributed by atoms with Gasteiger partial charge in [-0.15, -0.1) is 0 Å². The highest BCUT2D eigenvalue weighted by molar-refractivity contribution is 7.16. The standard InChI is InChI=1S/C21H20F3N3O2S/c22-21(23,24)15-4-3-5-16(14-15)25-10-12-26(13-11-25)19(28)8-9-27-17-6-1-2-7-18(17)30-20(27)29/h1-7,14H,8-13H2. The molecule has 0 bridgehead atoms. The summed E-state index contributed by atoms with van der Waals surface area (Å²) in [4.78, 5) is 28.3. The first kappa shape index (κ1) is 20.5. The number of carbonyl (C=O) groups excluding carboxylic acids is 1. The van der Waals surface area contributed by atoms with Gasteiger partial charge in [-0.25, -0.2) is 0 Å². The van der Waals surface area contributed by atoms with Gasteiger partial charge in [0.05, 0.1) is 15.8 Å². The van der Waals surface area contributed by atoms with Crippen LogP contribution < -0.4 is 9.77 Å². The van der Waals surface area contributed by atoms with Crippen LogP contribution in [0.4, 0.5) is 18.9 Å². The number of benzene rings is 2. The predicted octanol–water partition coefficient (Wildman–Crippen LogP) is 3.82. The van der Waals surface area contributed by atoms with Gasteiger partial charge in [-0.2, -0.15) is 13.2 Å². The first-order valence-corrected chi connectivity index (χ1v) is 10.4. The summed E-state index contributed by atoms with van der Waals surface area (Å²) in [5.74, 6) is -0.0547. The lowest BCUT2D eigenvalue weighted by Gasteiger charge is -2.36. The van der Waals surface area contributed by atoms with Crippen LogP contribution in [0, 0.1) is 0 Å². The minimum absolute atomic E-state index is 0.0547. The van der Waals surface area contributed by atoms with Crippen LogP contribution >= 0.6 is 11.3 Å². The number of halogens is 3. The third-order valence-corrected chi connectivity index (χ3v) is 6.25. The van der Waals surface area contributed by atoms with Crippen LogP contribution in [0.3, 0.4) is 0 Å². The summed E-state index contributed by atoms with van der Waals surface area (Å²) in [6.45, 7) is 2.13. The molecule has 2 heterocycles. The van der Waals surface area contributed by atoms with E-state index in [9.17, 15) is 22.8 Å². The fourth-order valence-electron chi connectivity index (χ4n) is 3.68. The van der Waals surface area contributed by atoms with Gasteiger partial charge in [-0.05, 0) is 30.3 Å². The second-order valence-electron chi connectivity index (χ2n) is 7.15. The molecule has 1 aliphatic rings. The van der Waals surface area contributed by atoms with E-state index in [0.717, 1.165) is 33.7 Å². The molecule has 0 unspecified atom stereocenters. The van der Waals surface area contributed by atoms with Crippen LogP contribution in [-0.4, -0.2) is 41.6 Å². The van der Waals surface area contributed by atoms with Crippen molar-refractivity contribution in [2.45, 2.75) is 19.1 Å². The molecule has 3 aromatic rings. The quantitative estimate of drug-likeness (QED) is 0.626. The fourth-order valence-corrected chi connectivity index (χ4v) is 4.60. The molecular weight excluding hydrogens is 415 g/mol. The molecule has 1 aliphatic heterocycles. The highest BCUT2D eigenvalue weighted by atomic mass is 32.1. The van der Waals surface area contributed by atoms with Crippen molar-refractivity contribution in [2.75, 3.05) is 31.1 Å². The van der Waals surface area contributed by atoms with Gasteiger partial charge in [0.15, 0.2) is 0 Å². The first-order valence-electron chi connectivity index (χ1n) is 9.61. The number of hydrogen-bond acceptors (Lipinski definition) is 4. The number of carbonyl (C=O) groups is 1. The molecule has 5 nitrogen and oxygen atoms in total. The Bertz CT molecular complexity index is 1110. The molecule has 4 rings (SSSR count). The molecule has 0 aliphatic carbocycles. The number of hydrogen-bond donors (Lipinski definition) is 0. The molecule has 1 aromatic heterocycles. The number of thiazole rings is 1. The molecule has 0 saturated carbocycles. The van der Waals surface area contributed by atoms with Gasteiger partial charge in [-0.3, -0.25) is 14.2 Å². The third-order valence-electron chi connectivity index (χ3n) is 5.29. The maximum absolute atomic E-state index is 12.9. The molecule has 2 aromatic carbocycles. The van der Waals surface area contributed by atoms with Crippen LogP contribution in [0.5, 0.6) is 0 Å². The highest BCUT2D eigenvalue weighted by Gasteiger charge is 2.31. The zero-order valence-electron chi connectivity index (χ0n) is 16.1. The Balaban J connectivity index is 1.36. The Morgan fingerprint density at radius 3 is 2.47 bits per heavy atom. The van der Waals surface area contributed by atoms with E-state index in [1.54, 1.807) is 15.5 Å². The maximum atomic E-state index is 12.9. The van der Waals surface area contributed by atoms with Crippen LogP contribution in [-0.2, 0) is 17.5 Å². The van der Waals surface area contributed by atoms with Gasteiger partial charge in [0.1, 0.15) is 0 Å². The zero-order valence-corrected chi connectivity index (χ0v) is 16.9. The molecule has 1 fully saturated rings. The molecule has 1 saturated heterocycles. The Labute approximate surface area is 174 Å². The predicted molar refractivity (Wildman–Crippen MR) is 111 cm³/mol. The van der Waals surface area contributed by atoms with Crippen LogP contribution in [0.1, 0.15) is 12.0 Å². The Hall–Kier alpha value is -2.81. The average Bonchev–Trinajstić information content (AvgIpc) is 3.06. The summed E-state index contributed by atoms with van der Waals surface area (Å²) in [6.07, 6.45) is -4.16. The number of para-hydroxylation sites is 1. The van der Waals surface area contributed by atoms with E-state index >= 15 is 0 Å². The monoisotopic (exact) mass is 435 g/mol. The third kappa shape index (κ3) is 4.21. The second-order valence-corrected chi connectivity index (χ2v) is 8.15. The maximum Gasteiger partial charge on any atom is 0.416 e. The molecule has 30 heavy (non-hydrogen) atoms. The largest absolute Gasteiger partial charge is 0.416 e. The highest BCUT2D eigenvalue weighted by Crippen LogP contribution is 2.31. The van der Waals surface area contributed by atoms with E-state index < -0.39 is 11.7 Å². The second kappa shape index (κ2) is 8.14. The van der Waals surface area contributed by atoms with Gasteiger partial charge < -0.3 is 9.80 Å². The smallest absolute Gasteiger partial charge is 0.368 e. The van der Waals surface area contributed by atoms with Crippen molar-refractivity contribution < 1.29 is 18.0 Å². The summed E-state index contributed by atoms with van der Waals surface area (Å²) in [5, 5.41) is 0. The number of fused-ring (bicyclic) bond motifs is 1. The minimum Gasteiger partial charge on any atom is -0.368 e. The first-order chi connectivity index (χ1) is 14.3. The number of aryl methyl sites for hydroxylation is 1. The Morgan fingerprint density at radius 1 is 1.00 bits per heavy atom. The number of amides is 1. The Kier molecular flexibility index (Phi) is 5.55. The van der Waals surface area contributed by atoms with Crippen LogP contribution in [0.25, 0.3) is 10.2 Å². The van der Waals surface area contributed by atoms with Crippen molar-refractivity contribution in [2.24, 2.45) is 0 Å². The summed E-state index contributed by atoms with van der Waals surface area (Å²) in [7, 11) is 0. The summed E-state index contributed by atoms with van der Waals surface area (Å²) in [6, 6.07) is 12.7. The summed E-state index contributed by atoms with van der Waals surface area (Å²) in [5.41, 5.74) is 0.662. The molecular formula is C21H20F3N3O2S. The number of aromatic nitrogens is 1.